The van der Waals surface area contributed by atoms with Gasteiger partial charge in [0.15, 0.2) is 23.3 Å². The maximum Gasteiger partial charge on any atom is 0.178 e. The van der Waals surface area contributed by atoms with Crippen LogP contribution in [0.4, 0.5) is 0 Å². The largest absolute Gasteiger partial charge is 0.393 e. The Labute approximate surface area is 171 Å². The Bertz CT molecular complexity index is 446. The van der Waals surface area contributed by atoms with E-state index in [0.29, 0.717) is 6.42 Å². The highest BCUT2D eigenvalue weighted by Crippen LogP contribution is 2.16. The summed E-state index contributed by atoms with van der Waals surface area (Å²) >= 11 is 0. The van der Waals surface area contributed by atoms with Gasteiger partial charge >= 0.3 is 0 Å². The molecule has 0 aromatic rings. The molecule has 2 atom stereocenters. The molecule has 0 aliphatic carbocycles. The van der Waals surface area contributed by atoms with Crippen molar-refractivity contribution < 1.29 is 24.9 Å². The highest BCUT2D eigenvalue weighted by molar-refractivity contribution is 5.95. The summed E-state index contributed by atoms with van der Waals surface area (Å²) in [6.45, 7) is 2.33. The molecular formula is C23H42O5. The third-order valence-corrected chi connectivity index (χ3v) is 5.29. The third kappa shape index (κ3) is 11.7. The molecule has 0 fully saturated rings. The molecule has 5 nitrogen and oxygen atoms in total. The molecule has 0 aromatic carbocycles. The average Bonchev–Trinajstić information content (AvgIpc) is 2.69. The first-order valence-electron chi connectivity index (χ1n) is 11.1. The minimum atomic E-state index is -2.38. The van der Waals surface area contributed by atoms with E-state index in [-0.39, 0.29) is 6.42 Å². The molecule has 2 unspecified atom stereocenters. The van der Waals surface area contributed by atoms with Crippen LogP contribution in [0.25, 0.3) is 0 Å². The zero-order chi connectivity index (χ0) is 21.3. The molecule has 0 saturated heterocycles. The van der Waals surface area contributed by atoms with E-state index in [4.69, 9.17) is 5.11 Å². The van der Waals surface area contributed by atoms with E-state index in [2.05, 4.69) is 19.1 Å². The van der Waals surface area contributed by atoms with Crippen LogP contribution in [-0.2, 0) is 9.59 Å². The van der Waals surface area contributed by atoms with Crippen LogP contribution in [0, 0.1) is 0 Å². The highest BCUT2D eigenvalue weighted by atomic mass is 16.4. The van der Waals surface area contributed by atoms with Crippen molar-refractivity contribution in [1.29, 1.82) is 0 Å². The van der Waals surface area contributed by atoms with Crippen LogP contribution < -0.4 is 0 Å². The fraction of sp³-hybridized carbons (Fsp3) is 0.826. The Kier molecular flexibility index (Phi) is 16.2. The van der Waals surface area contributed by atoms with Gasteiger partial charge in [-0.3, -0.25) is 9.59 Å². The molecule has 28 heavy (non-hydrogen) atoms. The minimum absolute atomic E-state index is 0.106. The van der Waals surface area contributed by atoms with E-state index in [9.17, 15) is 19.8 Å². The summed E-state index contributed by atoms with van der Waals surface area (Å²) in [6.07, 6.45) is 17.8. The number of carbonyl (C=O) groups excluding carboxylic acids is 2. The standard InChI is InChI=1S/C23H42O5/c1-3-4-5-6-7-8-9-10-11-12-13-14-15-16-17-18-21(26)22(27)23(28,19-24)20(2)25/h10-11,22,24,27-28H,3-9,12-19H2,1-2H3. The number of hydrogen-bond donors (Lipinski definition) is 3. The molecule has 164 valence electrons. The van der Waals surface area contributed by atoms with Crippen LogP contribution in [0.15, 0.2) is 12.2 Å². The molecule has 0 aliphatic rings. The topological polar surface area (TPSA) is 94.8 Å². The number of carbonyl (C=O) groups is 2. The zero-order valence-electron chi connectivity index (χ0n) is 18.0. The van der Waals surface area contributed by atoms with Crippen LogP contribution in [0.1, 0.15) is 104 Å². The molecule has 5 heteroatoms. The van der Waals surface area contributed by atoms with Gasteiger partial charge in [0.2, 0.25) is 0 Å². The van der Waals surface area contributed by atoms with E-state index >= 15 is 0 Å². The lowest BCUT2D eigenvalue weighted by Gasteiger charge is -2.27. The van der Waals surface area contributed by atoms with Gasteiger partial charge in [-0.1, -0.05) is 70.4 Å². The molecule has 0 aliphatic heterocycles. The lowest BCUT2D eigenvalue weighted by Crippen LogP contribution is -2.55. The van der Waals surface area contributed by atoms with Gasteiger partial charge in [0.05, 0.1) is 6.61 Å². The first-order chi connectivity index (χ1) is 13.4. The van der Waals surface area contributed by atoms with Crippen LogP contribution in [0.2, 0.25) is 0 Å². The second kappa shape index (κ2) is 16.9. The summed E-state index contributed by atoms with van der Waals surface area (Å²) in [6, 6.07) is 0. The van der Waals surface area contributed by atoms with Crippen molar-refractivity contribution in [3.05, 3.63) is 12.2 Å². The number of Topliss-reactive ketones (excluding diaryl/α,β-unsaturated/α-hetero) is 2. The van der Waals surface area contributed by atoms with Crippen LogP contribution in [0.3, 0.4) is 0 Å². The van der Waals surface area contributed by atoms with Crippen LogP contribution in [-0.4, -0.2) is 45.2 Å². The predicted molar refractivity (Wildman–Crippen MR) is 113 cm³/mol. The van der Waals surface area contributed by atoms with Crippen LogP contribution >= 0.6 is 0 Å². The quantitative estimate of drug-likeness (QED) is 0.223. The fourth-order valence-corrected chi connectivity index (χ4v) is 3.16. The van der Waals surface area contributed by atoms with Crippen molar-refractivity contribution in [2.75, 3.05) is 6.61 Å². The van der Waals surface area contributed by atoms with E-state index in [0.717, 1.165) is 39.0 Å². The van der Waals surface area contributed by atoms with Gasteiger partial charge in [0.25, 0.3) is 0 Å². The Hall–Kier alpha value is -1.04. The summed E-state index contributed by atoms with van der Waals surface area (Å²) in [7, 11) is 0. The maximum atomic E-state index is 11.9. The van der Waals surface area contributed by atoms with Gasteiger partial charge in [-0.05, 0) is 39.0 Å². The van der Waals surface area contributed by atoms with E-state index in [1.165, 1.54) is 44.9 Å². The number of allylic oxidation sites excluding steroid dienone is 2. The summed E-state index contributed by atoms with van der Waals surface area (Å²) in [5, 5.41) is 28.8. The molecule has 0 saturated carbocycles. The second-order valence-corrected chi connectivity index (χ2v) is 7.84. The Balaban J connectivity index is 3.63. The number of hydrogen-bond acceptors (Lipinski definition) is 5. The summed E-state index contributed by atoms with van der Waals surface area (Å²) in [5.74, 6) is -1.40. The minimum Gasteiger partial charge on any atom is -0.393 e. The first-order valence-corrected chi connectivity index (χ1v) is 11.1. The van der Waals surface area contributed by atoms with Crippen molar-refractivity contribution in [1.82, 2.24) is 0 Å². The monoisotopic (exact) mass is 398 g/mol. The molecule has 0 aromatic heterocycles. The Morgan fingerprint density at radius 3 is 1.79 bits per heavy atom. The van der Waals surface area contributed by atoms with Crippen molar-refractivity contribution >= 4 is 11.6 Å². The number of aliphatic hydroxyl groups is 3. The van der Waals surface area contributed by atoms with Gasteiger partial charge in [-0.15, -0.1) is 0 Å². The number of unbranched alkanes of at least 4 members (excludes halogenated alkanes) is 11. The van der Waals surface area contributed by atoms with Gasteiger partial charge < -0.3 is 15.3 Å². The third-order valence-electron chi connectivity index (χ3n) is 5.29. The van der Waals surface area contributed by atoms with Gasteiger partial charge in [0, 0.05) is 6.42 Å². The molecule has 3 N–H and O–H groups in total. The Morgan fingerprint density at radius 2 is 1.32 bits per heavy atom. The fourth-order valence-electron chi connectivity index (χ4n) is 3.16. The van der Waals surface area contributed by atoms with Crippen molar-refractivity contribution in [3.63, 3.8) is 0 Å². The molecule has 0 radical (unpaired) electrons. The molecule has 0 spiro atoms. The summed E-state index contributed by atoms with van der Waals surface area (Å²) in [4.78, 5) is 23.2. The first kappa shape index (κ1) is 27.0. The molecule has 0 heterocycles. The van der Waals surface area contributed by atoms with Crippen molar-refractivity contribution in [2.24, 2.45) is 0 Å². The van der Waals surface area contributed by atoms with Gasteiger partial charge in [0.1, 0.15) is 0 Å². The highest BCUT2D eigenvalue weighted by Gasteiger charge is 2.43. The number of ketones is 2. The zero-order valence-corrected chi connectivity index (χ0v) is 18.0. The summed E-state index contributed by atoms with van der Waals surface area (Å²) < 4.78 is 0. The number of aliphatic hydroxyl groups excluding tert-OH is 2. The predicted octanol–water partition coefficient (Wildman–Crippen LogP) is 4.27. The number of rotatable bonds is 19. The SMILES string of the molecule is CCCCCCCCC=CCCCCCCCC(=O)C(O)C(O)(CO)C(C)=O. The molecule has 0 bridgehead atoms. The van der Waals surface area contributed by atoms with Gasteiger partial charge in [-0.2, -0.15) is 0 Å². The van der Waals surface area contributed by atoms with Crippen molar-refractivity contribution in [2.45, 2.75) is 115 Å². The molecule has 0 amide bonds. The van der Waals surface area contributed by atoms with Gasteiger partial charge in [-0.25, -0.2) is 0 Å². The van der Waals surface area contributed by atoms with E-state index in [1.54, 1.807) is 0 Å². The average molecular weight is 399 g/mol. The van der Waals surface area contributed by atoms with E-state index < -0.39 is 29.9 Å². The lowest BCUT2D eigenvalue weighted by molar-refractivity contribution is -0.164. The molecule has 0 rings (SSSR count). The smallest absolute Gasteiger partial charge is 0.178 e. The normalized spacial score (nSPS) is 14.9. The lowest BCUT2D eigenvalue weighted by atomic mass is 9.89. The van der Waals surface area contributed by atoms with E-state index in [1.807, 2.05) is 0 Å². The summed E-state index contributed by atoms with van der Waals surface area (Å²) in [5.41, 5.74) is -2.38. The van der Waals surface area contributed by atoms with Crippen molar-refractivity contribution in [3.8, 4) is 0 Å². The second-order valence-electron chi connectivity index (χ2n) is 7.84. The maximum absolute atomic E-state index is 11.9. The molecular weight excluding hydrogens is 356 g/mol. The Morgan fingerprint density at radius 1 is 0.857 bits per heavy atom. The van der Waals surface area contributed by atoms with Crippen LogP contribution in [0.5, 0.6) is 0 Å².